The summed E-state index contributed by atoms with van der Waals surface area (Å²) in [6.45, 7) is 0. The molecular weight excluding hydrogens is 322 g/mol. The average molecular weight is 331 g/mol. The lowest BCUT2D eigenvalue weighted by Gasteiger charge is -1.95. The molecule has 0 aliphatic carbocycles. The number of aromatic nitrogens is 1. The first-order chi connectivity index (χ1) is 5.99. The maximum atomic E-state index is 11.2. The van der Waals surface area contributed by atoms with E-state index in [4.69, 9.17) is 0 Å². The summed E-state index contributed by atoms with van der Waals surface area (Å²) < 4.78 is 23.6. The van der Waals surface area contributed by atoms with Crippen LogP contribution in [0, 0.1) is 0 Å². The van der Waals surface area contributed by atoms with Gasteiger partial charge in [-0.15, -0.1) is 0 Å². The molecule has 6 heteroatoms. The van der Waals surface area contributed by atoms with E-state index in [0.717, 1.165) is 11.1 Å². The molecule has 0 aliphatic heterocycles. The standard InChI is InChI=1S/C7H9Br2NO2S/c1-13(11,12)10-4-6(2-8)7(3-9)5-10/h4-5H,2-3H2,1H3. The number of hydrogen-bond donors (Lipinski definition) is 0. The second-order valence-electron chi connectivity index (χ2n) is 2.67. The van der Waals surface area contributed by atoms with E-state index in [9.17, 15) is 8.42 Å². The molecule has 13 heavy (non-hydrogen) atoms. The Morgan fingerprint density at radius 2 is 1.62 bits per heavy atom. The van der Waals surface area contributed by atoms with Crippen LogP contribution in [-0.4, -0.2) is 18.6 Å². The fourth-order valence-electron chi connectivity index (χ4n) is 0.942. The predicted octanol–water partition coefficient (Wildman–Crippen LogP) is 2.09. The Balaban J connectivity index is 3.22. The predicted molar refractivity (Wildman–Crippen MR) is 59.9 cm³/mol. The molecule has 0 aromatic carbocycles. The van der Waals surface area contributed by atoms with Crippen LogP contribution in [0.2, 0.25) is 0 Å². The smallest absolute Gasteiger partial charge is 0.235 e. The van der Waals surface area contributed by atoms with Crippen LogP contribution in [0.5, 0.6) is 0 Å². The Labute approximate surface area is 94.4 Å². The summed E-state index contributed by atoms with van der Waals surface area (Å²) >= 11 is 6.60. The van der Waals surface area contributed by atoms with Crippen LogP contribution in [-0.2, 0) is 20.7 Å². The first kappa shape index (κ1) is 11.3. The Kier molecular flexibility index (Phi) is 3.59. The quantitative estimate of drug-likeness (QED) is 0.796. The minimum absolute atomic E-state index is 0.663. The van der Waals surface area contributed by atoms with Crippen molar-refractivity contribution in [3.05, 3.63) is 23.5 Å². The molecule has 0 N–H and O–H groups in total. The molecule has 0 amide bonds. The van der Waals surface area contributed by atoms with Crippen molar-refractivity contribution in [3.8, 4) is 0 Å². The lowest BCUT2D eigenvalue weighted by atomic mass is 10.2. The number of alkyl halides is 2. The zero-order chi connectivity index (χ0) is 10.1. The summed E-state index contributed by atoms with van der Waals surface area (Å²) in [5, 5.41) is 1.33. The van der Waals surface area contributed by atoms with Crippen LogP contribution >= 0.6 is 31.9 Å². The average Bonchev–Trinajstić information content (AvgIpc) is 2.45. The monoisotopic (exact) mass is 329 g/mol. The molecule has 0 unspecified atom stereocenters. The minimum Gasteiger partial charge on any atom is -0.253 e. The third kappa shape index (κ3) is 2.57. The van der Waals surface area contributed by atoms with E-state index in [1.807, 2.05) is 0 Å². The molecule has 1 heterocycles. The van der Waals surface area contributed by atoms with Crippen LogP contribution in [0.3, 0.4) is 0 Å². The molecule has 1 aromatic rings. The van der Waals surface area contributed by atoms with Crippen LogP contribution in [0.1, 0.15) is 11.1 Å². The van der Waals surface area contributed by atoms with Gasteiger partial charge in [0.15, 0.2) is 0 Å². The Morgan fingerprint density at radius 3 is 1.85 bits per heavy atom. The largest absolute Gasteiger partial charge is 0.253 e. The van der Waals surface area contributed by atoms with Gasteiger partial charge in [-0.1, -0.05) is 31.9 Å². The molecule has 74 valence electrons. The van der Waals surface area contributed by atoms with Gasteiger partial charge in [-0.05, 0) is 11.1 Å². The molecular formula is C7H9Br2NO2S. The van der Waals surface area contributed by atoms with Crippen LogP contribution in [0.15, 0.2) is 12.4 Å². The van der Waals surface area contributed by atoms with E-state index in [1.165, 1.54) is 10.2 Å². The van der Waals surface area contributed by atoms with Crippen molar-refractivity contribution in [1.82, 2.24) is 3.97 Å². The number of nitrogens with zero attached hydrogens (tertiary/aromatic N) is 1. The van der Waals surface area contributed by atoms with Gasteiger partial charge in [0.05, 0.1) is 6.26 Å². The fraction of sp³-hybridized carbons (Fsp3) is 0.429. The lowest BCUT2D eigenvalue weighted by molar-refractivity contribution is 0.593. The number of hydrogen-bond acceptors (Lipinski definition) is 2. The van der Waals surface area contributed by atoms with Gasteiger partial charge in [-0.2, -0.15) is 0 Å². The highest BCUT2D eigenvalue weighted by Crippen LogP contribution is 2.18. The molecule has 0 atom stereocenters. The summed E-state index contributed by atoms with van der Waals surface area (Å²) in [4.78, 5) is 0. The molecule has 0 radical (unpaired) electrons. The van der Waals surface area contributed by atoms with Crippen LogP contribution in [0.4, 0.5) is 0 Å². The topological polar surface area (TPSA) is 39.1 Å². The summed E-state index contributed by atoms with van der Waals surface area (Å²) in [5.74, 6) is 0. The molecule has 0 bridgehead atoms. The van der Waals surface area contributed by atoms with Gasteiger partial charge in [0.2, 0.25) is 10.0 Å². The van der Waals surface area contributed by atoms with E-state index in [2.05, 4.69) is 31.9 Å². The SMILES string of the molecule is CS(=O)(=O)n1cc(CBr)c(CBr)c1. The van der Waals surface area contributed by atoms with Crippen molar-refractivity contribution in [2.45, 2.75) is 10.7 Å². The van der Waals surface area contributed by atoms with E-state index in [-0.39, 0.29) is 0 Å². The van der Waals surface area contributed by atoms with Gasteiger partial charge in [0.1, 0.15) is 0 Å². The van der Waals surface area contributed by atoms with Crippen molar-refractivity contribution in [2.75, 3.05) is 6.26 Å². The molecule has 0 saturated heterocycles. The molecule has 0 saturated carbocycles. The van der Waals surface area contributed by atoms with E-state index in [0.29, 0.717) is 10.7 Å². The van der Waals surface area contributed by atoms with Gasteiger partial charge in [0.25, 0.3) is 0 Å². The minimum atomic E-state index is -3.15. The molecule has 0 fully saturated rings. The maximum absolute atomic E-state index is 11.2. The lowest BCUT2D eigenvalue weighted by Crippen LogP contribution is -2.06. The van der Waals surface area contributed by atoms with Gasteiger partial charge < -0.3 is 0 Å². The summed E-state index contributed by atoms with van der Waals surface area (Å²) in [7, 11) is -3.15. The number of halogens is 2. The zero-order valence-corrected chi connectivity index (χ0v) is 11.0. The normalized spacial score (nSPS) is 11.9. The summed E-state index contributed by atoms with van der Waals surface area (Å²) in [5.41, 5.74) is 1.98. The van der Waals surface area contributed by atoms with Crippen molar-refractivity contribution >= 4 is 41.9 Å². The van der Waals surface area contributed by atoms with E-state index >= 15 is 0 Å². The van der Waals surface area contributed by atoms with E-state index < -0.39 is 10.0 Å². The second-order valence-corrected chi connectivity index (χ2v) is 5.68. The Bertz CT molecular complexity index is 375. The second kappa shape index (κ2) is 4.14. The molecule has 3 nitrogen and oxygen atoms in total. The number of rotatable bonds is 3. The van der Waals surface area contributed by atoms with E-state index in [1.54, 1.807) is 12.4 Å². The molecule has 0 spiro atoms. The highest BCUT2D eigenvalue weighted by Gasteiger charge is 2.10. The van der Waals surface area contributed by atoms with Crippen molar-refractivity contribution in [1.29, 1.82) is 0 Å². The first-order valence-electron chi connectivity index (χ1n) is 3.51. The van der Waals surface area contributed by atoms with Crippen molar-refractivity contribution in [3.63, 3.8) is 0 Å². The van der Waals surface area contributed by atoms with Gasteiger partial charge in [-0.3, -0.25) is 3.97 Å². The highest BCUT2D eigenvalue weighted by molar-refractivity contribution is 9.09. The fourth-order valence-corrected chi connectivity index (χ4v) is 2.59. The Morgan fingerprint density at radius 1 is 1.23 bits per heavy atom. The molecule has 0 aliphatic rings. The third-order valence-corrected chi connectivity index (χ3v) is 3.83. The zero-order valence-electron chi connectivity index (χ0n) is 7.00. The third-order valence-electron chi connectivity index (χ3n) is 1.65. The highest BCUT2D eigenvalue weighted by atomic mass is 79.9. The van der Waals surface area contributed by atoms with Gasteiger partial charge in [0, 0.05) is 23.1 Å². The van der Waals surface area contributed by atoms with Gasteiger partial charge in [-0.25, -0.2) is 8.42 Å². The molecule has 1 rings (SSSR count). The van der Waals surface area contributed by atoms with Crippen molar-refractivity contribution < 1.29 is 8.42 Å². The van der Waals surface area contributed by atoms with Crippen molar-refractivity contribution in [2.24, 2.45) is 0 Å². The summed E-state index contributed by atoms with van der Waals surface area (Å²) in [6.07, 6.45) is 4.43. The van der Waals surface area contributed by atoms with Gasteiger partial charge >= 0.3 is 0 Å². The van der Waals surface area contributed by atoms with Crippen LogP contribution in [0.25, 0.3) is 0 Å². The Hall–Kier alpha value is 0.190. The molecule has 1 aromatic heterocycles. The maximum Gasteiger partial charge on any atom is 0.235 e. The van der Waals surface area contributed by atoms with Crippen LogP contribution < -0.4 is 0 Å². The summed E-state index contributed by atoms with van der Waals surface area (Å²) in [6, 6.07) is 0. The first-order valence-corrected chi connectivity index (χ1v) is 7.60.